The molecule has 1 heterocycles. The van der Waals surface area contributed by atoms with Crippen LogP contribution in [0.4, 0.5) is 11.7 Å². The van der Waals surface area contributed by atoms with Crippen molar-refractivity contribution in [1.82, 2.24) is 4.98 Å². The first-order chi connectivity index (χ1) is 11.2. The second kappa shape index (κ2) is 6.50. The maximum Gasteiger partial charge on any atom is 0.309 e. The summed E-state index contributed by atoms with van der Waals surface area (Å²) in [6.07, 6.45) is 0.206. The Morgan fingerprint density at radius 2 is 2.13 bits per heavy atom. The summed E-state index contributed by atoms with van der Waals surface area (Å²) in [7, 11) is 1.37. The number of oxazole rings is 1. The van der Waals surface area contributed by atoms with Crippen LogP contribution < -0.4 is 11.1 Å². The van der Waals surface area contributed by atoms with Gasteiger partial charge in [0.1, 0.15) is 5.52 Å². The SMILES string of the molecule is COC(=O)Cc1ccc2oc(Nc3ccccc3CN)nc2c1. The smallest absolute Gasteiger partial charge is 0.309 e. The zero-order valence-electron chi connectivity index (χ0n) is 12.7. The molecule has 23 heavy (non-hydrogen) atoms. The number of carbonyl (C=O) groups excluding carboxylic acids is 1. The van der Waals surface area contributed by atoms with E-state index in [9.17, 15) is 4.79 Å². The first-order valence-corrected chi connectivity index (χ1v) is 7.21. The summed E-state index contributed by atoms with van der Waals surface area (Å²) in [6.45, 7) is 0.423. The lowest BCUT2D eigenvalue weighted by Crippen LogP contribution is -2.04. The zero-order valence-corrected chi connectivity index (χ0v) is 12.7. The molecule has 0 amide bonds. The van der Waals surface area contributed by atoms with Crippen LogP contribution in [-0.4, -0.2) is 18.1 Å². The number of para-hydroxylation sites is 1. The van der Waals surface area contributed by atoms with Crippen LogP contribution in [0.25, 0.3) is 11.1 Å². The Morgan fingerprint density at radius 3 is 2.91 bits per heavy atom. The van der Waals surface area contributed by atoms with Crippen LogP contribution in [0, 0.1) is 0 Å². The number of ether oxygens (including phenoxy) is 1. The van der Waals surface area contributed by atoms with Crippen LogP contribution in [-0.2, 0) is 22.5 Å². The number of fused-ring (bicyclic) bond motifs is 1. The standard InChI is InChI=1S/C17H17N3O3/c1-22-16(21)9-11-6-7-15-14(8-11)20-17(23-15)19-13-5-3-2-4-12(13)10-18/h2-8H,9-10,18H2,1H3,(H,19,20). The van der Waals surface area contributed by atoms with Crippen molar-refractivity contribution in [3.63, 3.8) is 0 Å². The highest BCUT2D eigenvalue weighted by molar-refractivity contribution is 5.79. The molecular weight excluding hydrogens is 294 g/mol. The third-order valence-corrected chi connectivity index (χ3v) is 3.51. The Hall–Kier alpha value is -2.86. The van der Waals surface area contributed by atoms with Crippen molar-refractivity contribution in [1.29, 1.82) is 0 Å². The van der Waals surface area contributed by atoms with Crippen molar-refractivity contribution < 1.29 is 13.9 Å². The minimum absolute atomic E-state index is 0.206. The summed E-state index contributed by atoms with van der Waals surface area (Å²) in [5.41, 5.74) is 9.71. The van der Waals surface area contributed by atoms with Gasteiger partial charge in [-0.15, -0.1) is 0 Å². The van der Waals surface area contributed by atoms with E-state index in [4.69, 9.17) is 10.2 Å². The van der Waals surface area contributed by atoms with Gasteiger partial charge < -0.3 is 20.2 Å². The largest absolute Gasteiger partial charge is 0.469 e. The Balaban J connectivity index is 1.86. The Labute approximate surface area is 133 Å². The zero-order chi connectivity index (χ0) is 16.2. The van der Waals surface area contributed by atoms with E-state index in [0.717, 1.165) is 16.8 Å². The average molecular weight is 311 g/mol. The molecule has 0 saturated heterocycles. The maximum absolute atomic E-state index is 11.3. The third kappa shape index (κ3) is 3.32. The van der Waals surface area contributed by atoms with E-state index in [1.165, 1.54) is 7.11 Å². The van der Waals surface area contributed by atoms with E-state index in [1.807, 2.05) is 36.4 Å². The van der Waals surface area contributed by atoms with E-state index in [1.54, 1.807) is 6.07 Å². The fourth-order valence-electron chi connectivity index (χ4n) is 2.31. The number of nitrogens with zero attached hydrogens (tertiary/aromatic N) is 1. The first-order valence-electron chi connectivity index (χ1n) is 7.21. The molecule has 0 spiro atoms. The van der Waals surface area contributed by atoms with Gasteiger partial charge in [-0.25, -0.2) is 0 Å². The minimum Gasteiger partial charge on any atom is -0.469 e. The van der Waals surface area contributed by atoms with E-state index in [2.05, 4.69) is 15.0 Å². The van der Waals surface area contributed by atoms with Crippen molar-refractivity contribution in [3.05, 3.63) is 53.6 Å². The molecule has 0 aliphatic heterocycles. The van der Waals surface area contributed by atoms with E-state index < -0.39 is 0 Å². The van der Waals surface area contributed by atoms with Crippen LogP contribution >= 0.6 is 0 Å². The van der Waals surface area contributed by atoms with Crippen LogP contribution in [0.1, 0.15) is 11.1 Å². The molecule has 118 valence electrons. The molecule has 0 bridgehead atoms. The van der Waals surface area contributed by atoms with Gasteiger partial charge in [0.2, 0.25) is 0 Å². The lowest BCUT2D eigenvalue weighted by molar-refractivity contribution is -0.139. The number of hydrogen-bond acceptors (Lipinski definition) is 6. The number of benzene rings is 2. The molecule has 0 atom stereocenters. The number of rotatable bonds is 5. The highest BCUT2D eigenvalue weighted by atomic mass is 16.5. The molecule has 1 aromatic heterocycles. The monoisotopic (exact) mass is 311 g/mol. The van der Waals surface area contributed by atoms with Gasteiger partial charge in [0.25, 0.3) is 6.01 Å². The average Bonchev–Trinajstić information content (AvgIpc) is 2.96. The second-order valence-electron chi connectivity index (χ2n) is 5.06. The quantitative estimate of drug-likeness (QED) is 0.704. The molecule has 3 aromatic rings. The molecule has 3 N–H and O–H groups in total. The van der Waals surface area contributed by atoms with Gasteiger partial charge in [-0.05, 0) is 29.3 Å². The number of anilines is 2. The van der Waals surface area contributed by atoms with E-state index in [-0.39, 0.29) is 12.4 Å². The summed E-state index contributed by atoms with van der Waals surface area (Å²) in [5, 5.41) is 3.13. The number of hydrogen-bond donors (Lipinski definition) is 2. The highest BCUT2D eigenvalue weighted by Gasteiger charge is 2.10. The van der Waals surface area contributed by atoms with E-state index >= 15 is 0 Å². The lowest BCUT2D eigenvalue weighted by Gasteiger charge is -2.06. The Bertz CT molecular complexity index is 842. The normalized spacial score (nSPS) is 10.7. The lowest BCUT2D eigenvalue weighted by atomic mass is 10.1. The number of nitrogens with one attached hydrogen (secondary N) is 1. The minimum atomic E-state index is -0.289. The summed E-state index contributed by atoms with van der Waals surface area (Å²) in [4.78, 5) is 15.8. The van der Waals surface area contributed by atoms with Gasteiger partial charge in [0.15, 0.2) is 5.58 Å². The molecule has 0 aliphatic rings. The molecule has 0 saturated carbocycles. The van der Waals surface area contributed by atoms with Gasteiger partial charge in [0, 0.05) is 12.2 Å². The van der Waals surface area contributed by atoms with Gasteiger partial charge in [0.05, 0.1) is 13.5 Å². The molecule has 2 aromatic carbocycles. The molecule has 0 radical (unpaired) electrons. The fraction of sp³-hybridized carbons (Fsp3) is 0.176. The first kappa shape index (κ1) is 15.1. The maximum atomic E-state index is 11.3. The van der Waals surface area contributed by atoms with Crippen molar-refractivity contribution in [2.45, 2.75) is 13.0 Å². The molecule has 6 heteroatoms. The van der Waals surface area contributed by atoms with Crippen LogP contribution in [0.5, 0.6) is 0 Å². The molecule has 0 aliphatic carbocycles. The number of carbonyl (C=O) groups is 1. The molecular formula is C17H17N3O3. The van der Waals surface area contributed by atoms with Crippen molar-refractivity contribution >= 4 is 28.8 Å². The fourth-order valence-corrected chi connectivity index (χ4v) is 2.31. The van der Waals surface area contributed by atoms with Gasteiger partial charge in [-0.3, -0.25) is 4.79 Å². The number of methoxy groups -OCH3 is 1. The Kier molecular flexibility index (Phi) is 4.25. The van der Waals surface area contributed by atoms with Gasteiger partial charge >= 0.3 is 5.97 Å². The summed E-state index contributed by atoms with van der Waals surface area (Å²) >= 11 is 0. The molecule has 6 nitrogen and oxygen atoms in total. The van der Waals surface area contributed by atoms with Crippen molar-refractivity contribution in [2.24, 2.45) is 5.73 Å². The predicted octanol–water partition coefficient (Wildman–Crippen LogP) is 2.75. The van der Waals surface area contributed by atoms with Crippen LogP contribution in [0.15, 0.2) is 46.9 Å². The summed E-state index contributed by atoms with van der Waals surface area (Å²) < 4.78 is 10.3. The Morgan fingerprint density at radius 1 is 1.30 bits per heavy atom. The summed E-state index contributed by atoms with van der Waals surface area (Å²) in [6, 6.07) is 13.5. The second-order valence-corrected chi connectivity index (χ2v) is 5.06. The van der Waals surface area contributed by atoms with Crippen LogP contribution in [0.2, 0.25) is 0 Å². The molecule has 0 unspecified atom stereocenters. The number of nitrogens with two attached hydrogens (primary N) is 1. The van der Waals surface area contributed by atoms with Crippen molar-refractivity contribution in [3.8, 4) is 0 Å². The number of aromatic nitrogens is 1. The molecule has 0 fully saturated rings. The highest BCUT2D eigenvalue weighted by Crippen LogP contribution is 2.25. The van der Waals surface area contributed by atoms with Crippen molar-refractivity contribution in [2.75, 3.05) is 12.4 Å². The van der Waals surface area contributed by atoms with Gasteiger partial charge in [-0.1, -0.05) is 24.3 Å². The van der Waals surface area contributed by atoms with Crippen LogP contribution in [0.3, 0.4) is 0 Å². The molecule has 3 rings (SSSR count). The topological polar surface area (TPSA) is 90.4 Å². The predicted molar refractivity (Wildman–Crippen MR) is 87.3 cm³/mol. The number of esters is 1. The third-order valence-electron chi connectivity index (χ3n) is 3.51. The van der Waals surface area contributed by atoms with E-state index in [0.29, 0.717) is 23.7 Å². The van der Waals surface area contributed by atoms with Gasteiger partial charge in [-0.2, -0.15) is 4.98 Å². The summed E-state index contributed by atoms with van der Waals surface area (Å²) in [5.74, 6) is -0.289.